The molecule has 0 bridgehead atoms. The lowest BCUT2D eigenvalue weighted by atomic mass is 9.73. The van der Waals surface area contributed by atoms with Gasteiger partial charge < -0.3 is 20.3 Å². The van der Waals surface area contributed by atoms with Crippen molar-refractivity contribution in [3.63, 3.8) is 0 Å². The number of fused-ring (bicyclic) bond motifs is 1. The number of imidazole rings is 1. The quantitative estimate of drug-likeness (QED) is 0.228. The molecule has 1 aliphatic rings. The number of guanidine groups is 1. The normalized spacial score (nSPS) is 22.3. The molecule has 1 fully saturated rings. The van der Waals surface area contributed by atoms with Crippen molar-refractivity contribution in [1.29, 1.82) is 0 Å². The summed E-state index contributed by atoms with van der Waals surface area (Å²) in [5.41, 5.74) is 2.15. The number of para-hydroxylation sites is 2. The highest BCUT2D eigenvalue weighted by molar-refractivity contribution is 14.0. The lowest BCUT2D eigenvalue weighted by Crippen LogP contribution is -2.42. The van der Waals surface area contributed by atoms with Crippen LogP contribution in [0.5, 0.6) is 0 Å². The van der Waals surface area contributed by atoms with Gasteiger partial charge in [0, 0.05) is 25.0 Å². The van der Waals surface area contributed by atoms with Crippen LogP contribution in [0, 0.1) is 12.3 Å². The average molecular weight is 513 g/mol. The summed E-state index contributed by atoms with van der Waals surface area (Å²) in [5.74, 6) is 1.90. The van der Waals surface area contributed by atoms with Crippen LogP contribution in [0.1, 0.15) is 51.8 Å². The third-order valence-electron chi connectivity index (χ3n) is 5.92. The predicted octanol–water partition coefficient (Wildman–Crippen LogP) is 3.85. The lowest BCUT2D eigenvalue weighted by Gasteiger charge is -2.37. The molecule has 6 nitrogen and oxygen atoms in total. The van der Waals surface area contributed by atoms with Crippen LogP contribution < -0.4 is 10.6 Å². The maximum atomic E-state index is 10.4. The van der Waals surface area contributed by atoms with Gasteiger partial charge in [-0.3, -0.25) is 4.99 Å². The average Bonchev–Trinajstić information content (AvgIpc) is 3.01. The van der Waals surface area contributed by atoms with Crippen LogP contribution in [0.2, 0.25) is 0 Å². The Morgan fingerprint density at radius 1 is 1.31 bits per heavy atom. The largest absolute Gasteiger partial charge is 0.392 e. The van der Waals surface area contributed by atoms with Crippen molar-refractivity contribution in [2.45, 2.75) is 65.5 Å². The Hall–Kier alpha value is -1.35. The molecule has 0 radical (unpaired) electrons. The Labute approximate surface area is 191 Å². The van der Waals surface area contributed by atoms with E-state index in [9.17, 15) is 5.11 Å². The lowest BCUT2D eigenvalue weighted by molar-refractivity contribution is 0.00716. The minimum Gasteiger partial charge on any atom is -0.392 e. The van der Waals surface area contributed by atoms with E-state index in [-0.39, 0.29) is 35.5 Å². The first-order chi connectivity index (χ1) is 13.5. The van der Waals surface area contributed by atoms with E-state index in [0.29, 0.717) is 6.54 Å². The molecule has 1 aromatic carbocycles. The number of aromatic nitrogens is 2. The molecule has 1 heterocycles. The molecule has 2 atom stereocenters. The Balaban J connectivity index is 0.00000300. The fraction of sp³-hybridized carbons (Fsp3) is 0.636. The molecule has 3 rings (SSSR count). The highest BCUT2D eigenvalue weighted by atomic mass is 127. The molecule has 7 heteroatoms. The van der Waals surface area contributed by atoms with Gasteiger partial charge in [0.1, 0.15) is 5.82 Å². The SMILES string of the molecule is CCNC(=NCC1(C)CCCCC1O)NCCCn1c(C)nc2ccccc21.I. The molecule has 2 aromatic rings. The number of halogens is 1. The first kappa shape index (κ1) is 23.9. The number of aliphatic hydroxyl groups excluding tert-OH is 1. The van der Waals surface area contributed by atoms with E-state index < -0.39 is 0 Å². The number of hydrogen-bond donors (Lipinski definition) is 3. The van der Waals surface area contributed by atoms with Gasteiger partial charge in [0.25, 0.3) is 0 Å². The van der Waals surface area contributed by atoms with Gasteiger partial charge >= 0.3 is 0 Å². The molecule has 1 aromatic heterocycles. The fourth-order valence-corrected chi connectivity index (χ4v) is 4.09. The van der Waals surface area contributed by atoms with Gasteiger partial charge in [-0.25, -0.2) is 4.98 Å². The van der Waals surface area contributed by atoms with Gasteiger partial charge in [0.2, 0.25) is 0 Å². The molecule has 1 saturated carbocycles. The minimum atomic E-state index is -0.245. The summed E-state index contributed by atoms with van der Waals surface area (Å²) in [6.07, 6.45) is 5.00. The van der Waals surface area contributed by atoms with Gasteiger partial charge in [-0.05, 0) is 45.2 Å². The Morgan fingerprint density at radius 3 is 2.86 bits per heavy atom. The summed E-state index contributed by atoms with van der Waals surface area (Å²) < 4.78 is 2.28. The molecule has 29 heavy (non-hydrogen) atoms. The van der Waals surface area contributed by atoms with Crippen LogP contribution in [0.3, 0.4) is 0 Å². The van der Waals surface area contributed by atoms with Crippen molar-refractivity contribution in [3.05, 3.63) is 30.1 Å². The molecule has 1 aliphatic carbocycles. The molecule has 162 valence electrons. The second kappa shape index (κ2) is 11.2. The van der Waals surface area contributed by atoms with Gasteiger partial charge in [-0.15, -0.1) is 24.0 Å². The van der Waals surface area contributed by atoms with Crippen molar-refractivity contribution >= 4 is 41.0 Å². The number of aliphatic imine (C=N–C) groups is 1. The first-order valence-corrected chi connectivity index (χ1v) is 10.7. The Morgan fingerprint density at radius 2 is 2.10 bits per heavy atom. The van der Waals surface area contributed by atoms with E-state index in [0.717, 1.165) is 62.6 Å². The second-order valence-corrected chi connectivity index (χ2v) is 8.19. The number of hydrogen-bond acceptors (Lipinski definition) is 3. The third-order valence-corrected chi connectivity index (χ3v) is 5.92. The monoisotopic (exact) mass is 513 g/mol. The van der Waals surface area contributed by atoms with Crippen molar-refractivity contribution in [3.8, 4) is 0 Å². The van der Waals surface area contributed by atoms with E-state index in [1.807, 2.05) is 6.07 Å². The van der Waals surface area contributed by atoms with Crippen LogP contribution in [0.4, 0.5) is 0 Å². The van der Waals surface area contributed by atoms with Gasteiger partial charge in [0.15, 0.2) is 5.96 Å². The topological polar surface area (TPSA) is 74.5 Å². The number of aryl methyl sites for hydroxylation is 2. The van der Waals surface area contributed by atoms with Crippen molar-refractivity contribution in [2.75, 3.05) is 19.6 Å². The van der Waals surface area contributed by atoms with Crippen LogP contribution in [0.25, 0.3) is 11.0 Å². The van der Waals surface area contributed by atoms with Crippen LogP contribution in [0.15, 0.2) is 29.3 Å². The van der Waals surface area contributed by atoms with E-state index in [1.54, 1.807) is 0 Å². The first-order valence-electron chi connectivity index (χ1n) is 10.7. The number of benzene rings is 1. The fourth-order valence-electron chi connectivity index (χ4n) is 4.09. The summed E-state index contributed by atoms with van der Waals surface area (Å²) in [4.78, 5) is 9.41. The summed E-state index contributed by atoms with van der Waals surface area (Å²) in [7, 11) is 0. The second-order valence-electron chi connectivity index (χ2n) is 8.19. The van der Waals surface area contributed by atoms with E-state index in [4.69, 9.17) is 4.99 Å². The maximum absolute atomic E-state index is 10.4. The standard InChI is InChI=1S/C22H35N5O.HI/c1-4-23-21(25-16-22(3)13-8-7-12-20(22)28)24-14-9-15-27-17(2)26-18-10-5-6-11-19(18)27;/h5-6,10-11,20,28H,4,7-9,12-16H2,1-3H3,(H2,23,24,25);1H. The third kappa shape index (κ3) is 6.07. The summed E-state index contributed by atoms with van der Waals surface area (Å²) in [6.45, 7) is 9.57. The molecule has 3 N–H and O–H groups in total. The summed E-state index contributed by atoms with van der Waals surface area (Å²) >= 11 is 0. The summed E-state index contributed by atoms with van der Waals surface area (Å²) in [6, 6.07) is 8.29. The molecular weight excluding hydrogens is 477 g/mol. The zero-order valence-corrected chi connectivity index (χ0v) is 20.3. The number of aliphatic hydroxyl groups is 1. The van der Waals surface area contributed by atoms with E-state index in [1.165, 1.54) is 11.9 Å². The van der Waals surface area contributed by atoms with Crippen molar-refractivity contribution in [2.24, 2.45) is 10.4 Å². The Kier molecular flexibility index (Phi) is 9.20. The highest BCUT2D eigenvalue weighted by Crippen LogP contribution is 2.36. The summed E-state index contributed by atoms with van der Waals surface area (Å²) in [5, 5.41) is 17.2. The number of nitrogens with zero attached hydrogens (tertiary/aromatic N) is 3. The zero-order chi connectivity index (χ0) is 20.0. The predicted molar refractivity (Wildman–Crippen MR) is 131 cm³/mol. The molecule has 0 aliphatic heterocycles. The molecule has 0 amide bonds. The maximum Gasteiger partial charge on any atom is 0.191 e. The molecule has 0 saturated heterocycles. The minimum absolute atomic E-state index is 0. The highest BCUT2D eigenvalue weighted by Gasteiger charge is 2.35. The Bertz CT molecular complexity index is 806. The van der Waals surface area contributed by atoms with Crippen LogP contribution in [-0.2, 0) is 6.54 Å². The van der Waals surface area contributed by atoms with Gasteiger partial charge in [-0.2, -0.15) is 0 Å². The van der Waals surface area contributed by atoms with Crippen LogP contribution >= 0.6 is 24.0 Å². The molecular formula is C22H36IN5O. The van der Waals surface area contributed by atoms with Crippen molar-refractivity contribution < 1.29 is 5.11 Å². The molecule has 2 unspecified atom stereocenters. The smallest absolute Gasteiger partial charge is 0.191 e. The van der Waals surface area contributed by atoms with Gasteiger partial charge in [0.05, 0.1) is 23.7 Å². The van der Waals surface area contributed by atoms with Crippen LogP contribution in [-0.4, -0.2) is 46.4 Å². The molecule has 0 spiro atoms. The van der Waals surface area contributed by atoms with E-state index >= 15 is 0 Å². The number of rotatable bonds is 7. The van der Waals surface area contributed by atoms with Crippen molar-refractivity contribution in [1.82, 2.24) is 20.2 Å². The van der Waals surface area contributed by atoms with Gasteiger partial charge in [-0.1, -0.05) is 31.9 Å². The number of nitrogens with one attached hydrogen (secondary N) is 2. The van der Waals surface area contributed by atoms with E-state index in [2.05, 4.69) is 59.2 Å². The zero-order valence-electron chi connectivity index (χ0n) is 17.9.